The molecule has 0 spiro atoms. The Morgan fingerprint density at radius 3 is 2.70 bits per heavy atom. The lowest BCUT2D eigenvalue weighted by Gasteiger charge is -2.35. The third-order valence-electron chi connectivity index (χ3n) is 4.55. The lowest BCUT2D eigenvalue weighted by molar-refractivity contribution is 0.183. The molecule has 0 aromatic heterocycles. The maximum Gasteiger partial charge on any atom is 0.102 e. The highest BCUT2D eigenvalue weighted by molar-refractivity contribution is 5.61. The number of hydrogen-bond donors (Lipinski definition) is 1. The van der Waals surface area contributed by atoms with E-state index in [1.54, 1.807) is 0 Å². The molecule has 0 saturated carbocycles. The van der Waals surface area contributed by atoms with Gasteiger partial charge in [0.2, 0.25) is 0 Å². The average Bonchev–Trinajstić information content (AvgIpc) is 2.47. The molecular weight excluding hydrogens is 246 g/mol. The molecule has 3 heteroatoms. The number of piperidine rings is 1. The van der Waals surface area contributed by atoms with E-state index in [0.717, 1.165) is 23.4 Å². The van der Waals surface area contributed by atoms with Crippen molar-refractivity contribution in [1.29, 1.82) is 5.26 Å². The van der Waals surface area contributed by atoms with E-state index in [2.05, 4.69) is 30.1 Å². The van der Waals surface area contributed by atoms with E-state index in [-0.39, 0.29) is 0 Å². The molecule has 3 nitrogen and oxygen atoms in total. The zero-order valence-corrected chi connectivity index (χ0v) is 12.8. The number of hydrogen-bond acceptors (Lipinski definition) is 3. The Morgan fingerprint density at radius 2 is 2.10 bits per heavy atom. The minimum Gasteiger partial charge on any atom is -0.381 e. The predicted octanol–water partition coefficient (Wildman–Crippen LogP) is 3.40. The number of benzene rings is 1. The number of likely N-dealkylation sites (tertiary alicyclic amines) is 1. The van der Waals surface area contributed by atoms with Gasteiger partial charge in [-0.3, -0.25) is 0 Å². The largest absolute Gasteiger partial charge is 0.381 e. The van der Waals surface area contributed by atoms with Crippen molar-refractivity contribution in [1.82, 2.24) is 4.90 Å². The van der Waals surface area contributed by atoms with E-state index < -0.39 is 0 Å². The predicted molar refractivity (Wildman–Crippen MR) is 83.8 cm³/mol. The lowest BCUT2D eigenvalue weighted by Crippen LogP contribution is -2.39. The van der Waals surface area contributed by atoms with Crippen LogP contribution in [0.1, 0.15) is 37.8 Å². The molecule has 1 N–H and O–H groups in total. The molecule has 1 atom stereocenters. The average molecular weight is 271 g/mol. The zero-order valence-electron chi connectivity index (χ0n) is 12.8. The van der Waals surface area contributed by atoms with Crippen LogP contribution in [0.3, 0.4) is 0 Å². The van der Waals surface area contributed by atoms with Gasteiger partial charge in [-0.05, 0) is 63.9 Å². The molecule has 1 unspecified atom stereocenters. The van der Waals surface area contributed by atoms with Gasteiger partial charge in [-0.25, -0.2) is 0 Å². The molecule has 1 aromatic carbocycles. The summed E-state index contributed by atoms with van der Waals surface area (Å²) >= 11 is 0. The molecule has 1 fully saturated rings. The molecule has 0 radical (unpaired) electrons. The highest BCUT2D eigenvalue weighted by atomic mass is 15.1. The SMILES string of the molecule is CCN1CCC(C(C)Nc2cccc(C)c2C#N)CC1. The maximum absolute atomic E-state index is 9.29. The number of aryl methyl sites for hydroxylation is 1. The van der Waals surface area contributed by atoms with Crippen LogP contribution in [0.5, 0.6) is 0 Å². The van der Waals surface area contributed by atoms with Crippen molar-refractivity contribution in [3.8, 4) is 6.07 Å². The van der Waals surface area contributed by atoms with Crippen molar-refractivity contribution >= 4 is 5.69 Å². The van der Waals surface area contributed by atoms with E-state index in [1.807, 2.05) is 25.1 Å². The van der Waals surface area contributed by atoms with Gasteiger partial charge in [0.05, 0.1) is 11.3 Å². The first kappa shape index (κ1) is 14.9. The summed E-state index contributed by atoms with van der Waals surface area (Å²) in [7, 11) is 0. The fraction of sp³-hybridized carbons (Fsp3) is 0.588. The van der Waals surface area contributed by atoms with Crippen LogP contribution in [-0.4, -0.2) is 30.6 Å². The lowest BCUT2D eigenvalue weighted by atomic mass is 9.90. The van der Waals surface area contributed by atoms with Gasteiger partial charge in [-0.15, -0.1) is 0 Å². The second kappa shape index (κ2) is 6.76. The van der Waals surface area contributed by atoms with Gasteiger partial charge >= 0.3 is 0 Å². The molecule has 2 rings (SSSR count). The first-order chi connectivity index (χ1) is 9.65. The monoisotopic (exact) mass is 271 g/mol. The molecule has 108 valence electrons. The molecular formula is C17H25N3. The summed E-state index contributed by atoms with van der Waals surface area (Å²) in [4.78, 5) is 2.51. The molecule has 20 heavy (non-hydrogen) atoms. The summed E-state index contributed by atoms with van der Waals surface area (Å²) in [5, 5.41) is 12.9. The van der Waals surface area contributed by atoms with E-state index in [4.69, 9.17) is 0 Å². The molecule has 0 aliphatic carbocycles. The first-order valence-electron chi connectivity index (χ1n) is 7.64. The molecule has 1 aromatic rings. The third-order valence-corrected chi connectivity index (χ3v) is 4.55. The molecule has 1 aliphatic heterocycles. The third kappa shape index (κ3) is 3.32. The van der Waals surface area contributed by atoms with E-state index in [1.165, 1.54) is 25.9 Å². The summed E-state index contributed by atoms with van der Waals surface area (Å²) in [5.74, 6) is 0.699. The number of nitrogens with zero attached hydrogens (tertiary/aromatic N) is 2. The van der Waals surface area contributed by atoms with Crippen LogP contribution in [0.4, 0.5) is 5.69 Å². The fourth-order valence-corrected chi connectivity index (χ4v) is 3.07. The van der Waals surface area contributed by atoms with Crippen LogP contribution in [-0.2, 0) is 0 Å². The Morgan fingerprint density at radius 1 is 1.40 bits per heavy atom. The Balaban J connectivity index is 2.00. The minimum atomic E-state index is 0.419. The standard InChI is InChI=1S/C17H25N3/c1-4-20-10-8-15(9-11-20)14(3)19-17-7-5-6-13(2)16(17)12-18/h5-7,14-15,19H,4,8-11H2,1-3H3. The quantitative estimate of drug-likeness (QED) is 0.912. The summed E-state index contributed by atoms with van der Waals surface area (Å²) in [6, 6.07) is 8.77. The maximum atomic E-state index is 9.29. The van der Waals surface area contributed by atoms with Gasteiger partial charge in [0.25, 0.3) is 0 Å². The Hall–Kier alpha value is -1.53. The Kier molecular flexibility index (Phi) is 5.03. The topological polar surface area (TPSA) is 39.1 Å². The van der Waals surface area contributed by atoms with Gasteiger partial charge in [0.1, 0.15) is 6.07 Å². The van der Waals surface area contributed by atoms with E-state index in [9.17, 15) is 5.26 Å². The van der Waals surface area contributed by atoms with Crippen LogP contribution in [0, 0.1) is 24.2 Å². The zero-order chi connectivity index (χ0) is 14.5. The van der Waals surface area contributed by atoms with Crippen molar-refractivity contribution in [2.75, 3.05) is 25.0 Å². The van der Waals surface area contributed by atoms with Crippen molar-refractivity contribution in [3.63, 3.8) is 0 Å². The van der Waals surface area contributed by atoms with Crippen LogP contribution in [0.15, 0.2) is 18.2 Å². The van der Waals surface area contributed by atoms with Crippen LogP contribution in [0.25, 0.3) is 0 Å². The van der Waals surface area contributed by atoms with Crippen molar-refractivity contribution in [2.24, 2.45) is 5.92 Å². The highest BCUT2D eigenvalue weighted by Crippen LogP contribution is 2.25. The van der Waals surface area contributed by atoms with Gasteiger partial charge in [0.15, 0.2) is 0 Å². The molecule has 0 amide bonds. The highest BCUT2D eigenvalue weighted by Gasteiger charge is 2.23. The number of rotatable bonds is 4. The molecule has 1 aliphatic rings. The fourth-order valence-electron chi connectivity index (χ4n) is 3.07. The molecule has 1 saturated heterocycles. The smallest absolute Gasteiger partial charge is 0.102 e. The van der Waals surface area contributed by atoms with E-state index >= 15 is 0 Å². The summed E-state index contributed by atoms with van der Waals surface area (Å²) in [5.41, 5.74) is 2.81. The molecule has 1 heterocycles. The van der Waals surface area contributed by atoms with E-state index in [0.29, 0.717) is 12.0 Å². The van der Waals surface area contributed by atoms with Gasteiger partial charge in [0, 0.05) is 6.04 Å². The summed E-state index contributed by atoms with van der Waals surface area (Å²) < 4.78 is 0. The second-order valence-electron chi connectivity index (χ2n) is 5.81. The molecule has 0 bridgehead atoms. The van der Waals surface area contributed by atoms with Crippen molar-refractivity contribution in [3.05, 3.63) is 29.3 Å². The second-order valence-corrected chi connectivity index (χ2v) is 5.81. The van der Waals surface area contributed by atoms with Gasteiger partial charge in [-0.1, -0.05) is 19.1 Å². The summed E-state index contributed by atoms with van der Waals surface area (Å²) in [6.07, 6.45) is 2.49. The summed E-state index contributed by atoms with van der Waals surface area (Å²) in [6.45, 7) is 10.0. The van der Waals surface area contributed by atoms with Crippen molar-refractivity contribution < 1.29 is 0 Å². The Labute approximate surface area is 122 Å². The van der Waals surface area contributed by atoms with Crippen LogP contribution in [0.2, 0.25) is 0 Å². The first-order valence-corrected chi connectivity index (χ1v) is 7.64. The minimum absolute atomic E-state index is 0.419. The number of nitrogens with one attached hydrogen (secondary N) is 1. The van der Waals surface area contributed by atoms with Gasteiger partial charge < -0.3 is 10.2 Å². The number of anilines is 1. The van der Waals surface area contributed by atoms with Gasteiger partial charge in [-0.2, -0.15) is 5.26 Å². The van der Waals surface area contributed by atoms with Crippen molar-refractivity contribution in [2.45, 2.75) is 39.7 Å². The Bertz CT molecular complexity index is 481. The normalized spacial score (nSPS) is 18.5. The number of nitriles is 1. The van der Waals surface area contributed by atoms with Crippen LogP contribution < -0.4 is 5.32 Å². The van der Waals surface area contributed by atoms with Crippen LogP contribution >= 0.6 is 0 Å².